The topological polar surface area (TPSA) is 85.4 Å². The Kier molecular flexibility index (Phi) is 6.08. The zero-order valence-electron chi connectivity index (χ0n) is 19.4. The average molecular weight is 466 g/mol. The highest BCUT2D eigenvalue weighted by molar-refractivity contribution is 6.29. The van der Waals surface area contributed by atoms with Crippen LogP contribution in [0.2, 0.25) is 5.15 Å². The van der Waals surface area contributed by atoms with E-state index in [2.05, 4.69) is 36.7 Å². The third kappa shape index (κ3) is 4.29. The molecular formula is C25H28ClN5O2. The van der Waals surface area contributed by atoms with Crippen LogP contribution in [0.5, 0.6) is 5.75 Å². The van der Waals surface area contributed by atoms with Crippen LogP contribution < -0.4 is 10.5 Å². The number of rotatable bonds is 3. The molecule has 1 N–H and O–H groups in total. The molecule has 3 aromatic rings. The Balaban J connectivity index is 1.61. The number of phenolic OH excluding ortho intramolecular Hbond substituents is 1. The first-order chi connectivity index (χ1) is 15.6. The SMILES string of the molecule is Cn1c(=O)c(C#N)c(N2CCN(Cc3cccc(C(C)(C)C)c3O)CC2)c2nc(Cl)ccc21. The van der Waals surface area contributed by atoms with Crippen LogP contribution in [0.3, 0.4) is 0 Å². The standard InChI is InChI=1S/C25H28ClN5O2/c1-25(2,3)18-7-5-6-16(23(18)32)15-30-10-12-31(13-11-30)22-17(14-27)24(33)29(4)19-8-9-20(26)28-21(19)22/h5-9,32H,10-13,15H2,1-4H3. The molecule has 0 atom stereocenters. The second kappa shape index (κ2) is 8.69. The summed E-state index contributed by atoms with van der Waals surface area (Å²) in [6.07, 6.45) is 0. The normalized spacial score (nSPS) is 15.1. The Labute approximate surface area is 198 Å². The third-order valence-electron chi connectivity index (χ3n) is 6.30. The van der Waals surface area contributed by atoms with Crippen molar-refractivity contribution < 1.29 is 5.11 Å². The van der Waals surface area contributed by atoms with Crippen LogP contribution in [0, 0.1) is 11.3 Å². The maximum Gasteiger partial charge on any atom is 0.270 e. The van der Waals surface area contributed by atoms with Gasteiger partial charge >= 0.3 is 0 Å². The minimum Gasteiger partial charge on any atom is -0.507 e. The number of phenols is 1. The molecule has 7 nitrogen and oxygen atoms in total. The average Bonchev–Trinajstić information content (AvgIpc) is 2.77. The lowest BCUT2D eigenvalue weighted by atomic mass is 9.85. The molecule has 0 unspecified atom stereocenters. The summed E-state index contributed by atoms with van der Waals surface area (Å²) in [6.45, 7) is 9.61. The van der Waals surface area contributed by atoms with Crippen LogP contribution in [0.15, 0.2) is 35.1 Å². The maximum absolute atomic E-state index is 12.8. The maximum atomic E-state index is 12.8. The van der Waals surface area contributed by atoms with Gasteiger partial charge in [0.1, 0.15) is 28.1 Å². The van der Waals surface area contributed by atoms with Gasteiger partial charge in [0.05, 0.1) is 11.2 Å². The van der Waals surface area contributed by atoms with Crippen LogP contribution >= 0.6 is 11.6 Å². The molecule has 33 heavy (non-hydrogen) atoms. The number of hydrogen-bond donors (Lipinski definition) is 1. The highest BCUT2D eigenvalue weighted by Crippen LogP contribution is 2.34. The van der Waals surface area contributed by atoms with Crippen LogP contribution in [-0.4, -0.2) is 45.7 Å². The van der Waals surface area contributed by atoms with E-state index in [-0.39, 0.29) is 16.5 Å². The monoisotopic (exact) mass is 465 g/mol. The van der Waals surface area contributed by atoms with Crippen molar-refractivity contribution in [1.29, 1.82) is 5.26 Å². The summed E-state index contributed by atoms with van der Waals surface area (Å²) in [4.78, 5) is 21.6. The first-order valence-electron chi connectivity index (χ1n) is 11.0. The number of nitriles is 1. The number of halogens is 1. The molecule has 3 heterocycles. The number of anilines is 1. The highest BCUT2D eigenvalue weighted by Gasteiger charge is 2.26. The largest absolute Gasteiger partial charge is 0.507 e. The lowest BCUT2D eigenvalue weighted by Crippen LogP contribution is -2.47. The number of aromatic hydroxyl groups is 1. The molecule has 1 fully saturated rings. The zero-order valence-corrected chi connectivity index (χ0v) is 20.1. The molecule has 8 heteroatoms. The minimum atomic E-state index is -0.338. The Hall–Kier alpha value is -3.08. The number of para-hydroxylation sites is 1. The van der Waals surface area contributed by atoms with E-state index in [1.165, 1.54) is 4.57 Å². The number of piperazine rings is 1. The molecule has 0 bridgehead atoms. The second-order valence-corrected chi connectivity index (χ2v) is 9.92. The zero-order chi connectivity index (χ0) is 23.9. The van der Waals surface area contributed by atoms with Crippen LogP contribution in [-0.2, 0) is 19.0 Å². The summed E-state index contributed by atoms with van der Waals surface area (Å²) in [7, 11) is 1.64. The summed E-state index contributed by atoms with van der Waals surface area (Å²) < 4.78 is 1.45. The van der Waals surface area contributed by atoms with Crippen molar-refractivity contribution in [3.63, 3.8) is 0 Å². The summed E-state index contributed by atoms with van der Waals surface area (Å²) in [6, 6.07) is 11.4. The van der Waals surface area contributed by atoms with Crippen molar-refractivity contribution in [3.8, 4) is 11.8 Å². The number of benzene rings is 1. The number of pyridine rings is 2. The predicted octanol–water partition coefficient (Wildman–Crippen LogP) is 3.78. The van der Waals surface area contributed by atoms with Crippen LogP contribution in [0.25, 0.3) is 11.0 Å². The van der Waals surface area contributed by atoms with Crippen molar-refractivity contribution in [2.75, 3.05) is 31.1 Å². The number of nitrogens with zero attached hydrogens (tertiary/aromatic N) is 5. The molecule has 4 rings (SSSR count). The summed E-state index contributed by atoms with van der Waals surface area (Å²) >= 11 is 6.16. The molecular weight excluding hydrogens is 438 g/mol. The van der Waals surface area contributed by atoms with Gasteiger partial charge in [-0.2, -0.15) is 5.26 Å². The quantitative estimate of drug-likeness (QED) is 0.592. The predicted molar refractivity (Wildman–Crippen MR) is 131 cm³/mol. The van der Waals surface area contributed by atoms with Crippen LogP contribution in [0.1, 0.15) is 37.5 Å². The van der Waals surface area contributed by atoms with E-state index in [0.717, 1.165) is 24.2 Å². The summed E-state index contributed by atoms with van der Waals surface area (Å²) in [5.41, 5.74) is 3.21. The van der Waals surface area contributed by atoms with E-state index in [4.69, 9.17) is 11.6 Å². The molecule has 1 aromatic carbocycles. The lowest BCUT2D eigenvalue weighted by Gasteiger charge is -2.37. The number of hydrogen-bond acceptors (Lipinski definition) is 6. The molecule has 172 valence electrons. The van der Waals surface area contributed by atoms with Gasteiger partial charge in [0.25, 0.3) is 5.56 Å². The van der Waals surface area contributed by atoms with Crippen molar-refractivity contribution in [2.24, 2.45) is 7.05 Å². The summed E-state index contributed by atoms with van der Waals surface area (Å²) in [5, 5.41) is 20.9. The van der Waals surface area contributed by atoms with Gasteiger partial charge in [-0.15, -0.1) is 0 Å². The van der Waals surface area contributed by atoms with E-state index in [0.29, 0.717) is 47.3 Å². The molecule has 1 saturated heterocycles. The fourth-order valence-electron chi connectivity index (χ4n) is 4.47. The molecule has 1 aliphatic heterocycles. The van der Waals surface area contributed by atoms with Crippen molar-refractivity contribution in [3.05, 3.63) is 62.5 Å². The van der Waals surface area contributed by atoms with Crippen molar-refractivity contribution >= 4 is 28.3 Å². The van der Waals surface area contributed by atoms with Crippen LogP contribution in [0.4, 0.5) is 5.69 Å². The summed E-state index contributed by atoms with van der Waals surface area (Å²) in [5.74, 6) is 0.357. The van der Waals surface area contributed by atoms with Gasteiger partial charge < -0.3 is 14.6 Å². The van der Waals surface area contributed by atoms with Gasteiger partial charge in [0.15, 0.2) is 0 Å². The van der Waals surface area contributed by atoms with Gasteiger partial charge in [-0.25, -0.2) is 4.98 Å². The fourth-order valence-corrected chi connectivity index (χ4v) is 4.62. The fraction of sp³-hybridized carbons (Fsp3) is 0.400. The molecule has 1 aliphatic rings. The highest BCUT2D eigenvalue weighted by atomic mass is 35.5. The van der Waals surface area contributed by atoms with Gasteiger partial charge in [0.2, 0.25) is 0 Å². The Morgan fingerprint density at radius 1 is 1.15 bits per heavy atom. The Bertz CT molecular complexity index is 1310. The lowest BCUT2D eigenvalue weighted by molar-refractivity contribution is 0.246. The van der Waals surface area contributed by atoms with E-state index in [1.807, 2.05) is 23.1 Å². The first-order valence-corrected chi connectivity index (χ1v) is 11.4. The van der Waals surface area contributed by atoms with E-state index < -0.39 is 0 Å². The van der Waals surface area contributed by atoms with E-state index >= 15 is 0 Å². The first kappa shape index (κ1) is 23.1. The number of aromatic nitrogens is 2. The van der Waals surface area contributed by atoms with Crippen molar-refractivity contribution in [1.82, 2.24) is 14.5 Å². The molecule has 2 aromatic heterocycles. The third-order valence-corrected chi connectivity index (χ3v) is 6.51. The van der Waals surface area contributed by atoms with E-state index in [1.54, 1.807) is 19.2 Å². The molecule has 0 spiro atoms. The molecule has 0 amide bonds. The molecule has 0 saturated carbocycles. The van der Waals surface area contributed by atoms with Gasteiger partial charge in [-0.05, 0) is 23.1 Å². The molecule has 0 radical (unpaired) electrons. The number of aryl methyl sites for hydroxylation is 1. The molecule has 0 aliphatic carbocycles. The van der Waals surface area contributed by atoms with Gasteiger partial charge in [-0.3, -0.25) is 9.69 Å². The Morgan fingerprint density at radius 3 is 2.48 bits per heavy atom. The van der Waals surface area contributed by atoms with E-state index in [9.17, 15) is 15.2 Å². The van der Waals surface area contributed by atoms with Gasteiger partial charge in [-0.1, -0.05) is 50.6 Å². The smallest absolute Gasteiger partial charge is 0.270 e. The Morgan fingerprint density at radius 2 is 1.85 bits per heavy atom. The van der Waals surface area contributed by atoms with Crippen molar-refractivity contribution in [2.45, 2.75) is 32.7 Å². The number of fused-ring (bicyclic) bond motifs is 1. The second-order valence-electron chi connectivity index (χ2n) is 9.53. The van der Waals surface area contributed by atoms with Gasteiger partial charge in [0, 0.05) is 45.3 Å². The minimum absolute atomic E-state index is 0.0868.